The molecular weight excluding hydrogens is 366 g/mol. The number of hydrogen-bond acceptors (Lipinski definition) is 4. The van der Waals surface area contributed by atoms with Gasteiger partial charge in [-0.1, -0.05) is 36.4 Å². The van der Waals surface area contributed by atoms with E-state index in [0.29, 0.717) is 18.5 Å². The number of rotatable bonds is 7. The highest BCUT2D eigenvalue weighted by molar-refractivity contribution is 6.00. The van der Waals surface area contributed by atoms with Crippen LogP contribution in [0.4, 0.5) is 0 Å². The van der Waals surface area contributed by atoms with Crippen molar-refractivity contribution < 1.29 is 19.5 Å². The van der Waals surface area contributed by atoms with Crippen LogP contribution in [0.2, 0.25) is 0 Å². The van der Waals surface area contributed by atoms with Gasteiger partial charge in [-0.05, 0) is 60.0 Å². The van der Waals surface area contributed by atoms with Gasteiger partial charge in [0.2, 0.25) is 0 Å². The number of nitrogens with zero attached hydrogens (tertiary/aromatic N) is 1. The summed E-state index contributed by atoms with van der Waals surface area (Å²) in [6, 6.07) is 17.7. The first-order valence-corrected chi connectivity index (χ1v) is 9.40. The van der Waals surface area contributed by atoms with E-state index < -0.39 is 0 Å². The summed E-state index contributed by atoms with van der Waals surface area (Å²) in [6.45, 7) is 3.32. The topological polar surface area (TPSA) is 74.7 Å². The molecule has 3 aromatic carbocycles. The van der Waals surface area contributed by atoms with Gasteiger partial charge in [-0.15, -0.1) is 0 Å². The number of hydrogen-bond donors (Lipinski definition) is 1. The summed E-state index contributed by atoms with van der Waals surface area (Å²) in [5.41, 5.74) is 2.29. The van der Waals surface area contributed by atoms with Gasteiger partial charge in [-0.2, -0.15) is 0 Å². The Labute approximate surface area is 169 Å². The van der Waals surface area contributed by atoms with Crippen molar-refractivity contribution in [1.82, 2.24) is 4.90 Å². The Kier molecular flexibility index (Phi) is 6.07. The Bertz CT molecular complexity index is 1070. The van der Waals surface area contributed by atoms with Crippen molar-refractivity contribution >= 4 is 28.2 Å². The van der Waals surface area contributed by atoms with Crippen LogP contribution in [-0.2, 0) is 22.6 Å². The van der Waals surface area contributed by atoms with E-state index in [1.165, 1.54) is 11.8 Å². The number of ketones is 2. The van der Waals surface area contributed by atoms with Gasteiger partial charge in [0, 0.05) is 18.5 Å². The van der Waals surface area contributed by atoms with Crippen molar-refractivity contribution in [3.05, 3.63) is 77.4 Å². The Balaban J connectivity index is 1.84. The summed E-state index contributed by atoms with van der Waals surface area (Å²) in [7, 11) is 0. The fourth-order valence-corrected chi connectivity index (χ4v) is 3.29. The number of phenols is 1. The van der Waals surface area contributed by atoms with Crippen molar-refractivity contribution in [2.24, 2.45) is 0 Å². The van der Waals surface area contributed by atoms with Crippen LogP contribution in [0.5, 0.6) is 5.75 Å². The molecule has 0 aliphatic rings. The highest BCUT2D eigenvalue weighted by Gasteiger charge is 2.18. The van der Waals surface area contributed by atoms with E-state index in [-0.39, 0.29) is 29.8 Å². The van der Waals surface area contributed by atoms with Gasteiger partial charge in [0.15, 0.2) is 0 Å². The molecule has 1 N–H and O–H groups in total. The molecule has 5 heteroatoms. The normalized spacial score (nSPS) is 10.7. The summed E-state index contributed by atoms with van der Waals surface area (Å²) >= 11 is 0. The maximum Gasteiger partial charge on any atom is 0.254 e. The minimum Gasteiger partial charge on any atom is -0.508 e. The highest BCUT2D eigenvalue weighted by Crippen LogP contribution is 2.22. The molecule has 0 spiro atoms. The van der Waals surface area contributed by atoms with Crippen molar-refractivity contribution in [3.63, 3.8) is 0 Å². The third-order valence-corrected chi connectivity index (χ3v) is 4.62. The van der Waals surface area contributed by atoms with Gasteiger partial charge in [-0.25, -0.2) is 0 Å². The Hall–Kier alpha value is -3.47. The van der Waals surface area contributed by atoms with Crippen LogP contribution < -0.4 is 0 Å². The molecule has 0 fully saturated rings. The molecule has 3 rings (SSSR count). The monoisotopic (exact) mass is 389 g/mol. The molecule has 1 amide bonds. The van der Waals surface area contributed by atoms with E-state index in [0.717, 1.165) is 21.9 Å². The second-order valence-electron chi connectivity index (χ2n) is 7.30. The molecule has 0 aromatic heterocycles. The van der Waals surface area contributed by atoms with E-state index in [1.807, 2.05) is 24.3 Å². The number of aromatic hydroxyl groups is 1. The summed E-state index contributed by atoms with van der Waals surface area (Å²) in [5.74, 6) is -0.0704. The average molecular weight is 389 g/mol. The van der Waals surface area contributed by atoms with Crippen LogP contribution in [0.1, 0.15) is 35.3 Å². The van der Waals surface area contributed by atoms with Crippen molar-refractivity contribution in [2.75, 3.05) is 6.54 Å². The molecule has 0 saturated carbocycles. The molecule has 0 bridgehead atoms. The molecule has 3 aromatic rings. The summed E-state index contributed by atoms with van der Waals surface area (Å²) in [5, 5.41) is 11.3. The lowest BCUT2D eigenvalue weighted by molar-refractivity contribution is -0.118. The Morgan fingerprint density at radius 3 is 2.07 bits per heavy atom. The van der Waals surface area contributed by atoms with Crippen LogP contribution in [-0.4, -0.2) is 34.0 Å². The Morgan fingerprint density at radius 2 is 1.41 bits per heavy atom. The molecule has 0 aliphatic carbocycles. The van der Waals surface area contributed by atoms with Gasteiger partial charge >= 0.3 is 0 Å². The third kappa shape index (κ3) is 5.29. The highest BCUT2D eigenvalue weighted by atomic mass is 16.3. The van der Waals surface area contributed by atoms with Gasteiger partial charge in [0.25, 0.3) is 5.91 Å². The number of Topliss-reactive ketones (excluding diaryl/α,β-unsaturated/α-hetero) is 2. The van der Waals surface area contributed by atoms with E-state index in [1.54, 1.807) is 43.3 Å². The second kappa shape index (κ2) is 8.69. The molecular formula is C24H23NO4. The molecule has 29 heavy (non-hydrogen) atoms. The lowest BCUT2D eigenvalue weighted by atomic mass is 10.0. The first-order valence-electron chi connectivity index (χ1n) is 9.40. The van der Waals surface area contributed by atoms with Crippen molar-refractivity contribution in [3.8, 4) is 5.75 Å². The fraction of sp³-hybridized carbons (Fsp3) is 0.208. The van der Waals surface area contributed by atoms with Crippen LogP contribution in [0.3, 0.4) is 0 Å². The van der Waals surface area contributed by atoms with Gasteiger partial charge < -0.3 is 10.0 Å². The zero-order valence-electron chi connectivity index (χ0n) is 16.5. The van der Waals surface area contributed by atoms with Crippen molar-refractivity contribution in [1.29, 1.82) is 0 Å². The smallest absolute Gasteiger partial charge is 0.254 e. The van der Waals surface area contributed by atoms with Crippen LogP contribution >= 0.6 is 0 Å². The number of amides is 1. The summed E-state index contributed by atoms with van der Waals surface area (Å²) in [4.78, 5) is 37.6. The average Bonchev–Trinajstić information content (AvgIpc) is 2.67. The molecule has 0 unspecified atom stereocenters. The maximum absolute atomic E-state index is 13.1. The maximum atomic E-state index is 13.1. The molecule has 0 aliphatic heterocycles. The minimum absolute atomic E-state index is 0.0155. The third-order valence-electron chi connectivity index (χ3n) is 4.62. The second-order valence-corrected chi connectivity index (χ2v) is 7.30. The van der Waals surface area contributed by atoms with Gasteiger partial charge in [-0.3, -0.25) is 14.4 Å². The first-order chi connectivity index (χ1) is 13.8. The van der Waals surface area contributed by atoms with Gasteiger partial charge in [0.05, 0.1) is 6.54 Å². The van der Waals surface area contributed by atoms with Crippen LogP contribution in [0.25, 0.3) is 10.8 Å². The number of fused-ring (bicyclic) bond motifs is 1. The van der Waals surface area contributed by atoms with E-state index >= 15 is 0 Å². The number of carbonyl (C=O) groups excluding carboxylic acids is 3. The molecule has 148 valence electrons. The van der Waals surface area contributed by atoms with E-state index in [9.17, 15) is 19.5 Å². The van der Waals surface area contributed by atoms with E-state index in [2.05, 4.69) is 0 Å². The quantitative estimate of drug-likeness (QED) is 0.665. The zero-order chi connectivity index (χ0) is 21.0. The predicted octanol–water partition coefficient (Wildman–Crippen LogP) is 3.91. The van der Waals surface area contributed by atoms with Crippen LogP contribution in [0.15, 0.2) is 60.7 Å². The molecule has 0 atom stereocenters. The minimum atomic E-state index is -0.233. The zero-order valence-corrected chi connectivity index (χ0v) is 16.5. The molecule has 0 saturated heterocycles. The van der Waals surface area contributed by atoms with Crippen LogP contribution in [0, 0.1) is 0 Å². The standard InChI is InChI=1S/C24H23NO4/c1-16(26)11-18-3-5-19(6-4-18)15-25(14-17(2)27)24(29)22-8-7-21-13-23(28)10-9-20(21)12-22/h3-10,12-13,28H,11,14-15H2,1-2H3. The molecule has 0 radical (unpaired) electrons. The lowest BCUT2D eigenvalue weighted by Gasteiger charge is -2.22. The van der Waals surface area contributed by atoms with E-state index in [4.69, 9.17) is 0 Å². The Morgan fingerprint density at radius 1 is 0.793 bits per heavy atom. The predicted molar refractivity (Wildman–Crippen MR) is 112 cm³/mol. The summed E-state index contributed by atoms with van der Waals surface area (Å²) in [6.07, 6.45) is 0.378. The number of benzene rings is 3. The first kappa shape index (κ1) is 20.3. The SMILES string of the molecule is CC(=O)Cc1ccc(CN(CC(C)=O)C(=O)c2ccc3cc(O)ccc3c2)cc1. The largest absolute Gasteiger partial charge is 0.508 e. The number of carbonyl (C=O) groups is 3. The lowest BCUT2D eigenvalue weighted by Crippen LogP contribution is -2.34. The van der Waals surface area contributed by atoms with Crippen molar-refractivity contribution in [2.45, 2.75) is 26.8 Å². The number of phenolic OH excluding ortho intramolecular Hbond substituents is 1. The summed E-state index contributed by atoms with van der Waals surface area (Å²) < 4.78 is 0. The molecule has 0 heterocycles. The van der Waals surface area contributed by atoms with Gasteiger partial charge in [0.1, 0.15) is 17.3 Å². The molecule has 5 nitrogen and oxygen atoms in total. The fourth-order valence-electron chi connectivity index (χ4n) is 3.29.